The molecule has 5 heavy (non-hydrogen) atoms. The summed E-state index contributed by atoms with van der Waals surface area (Å²) >= 11 is 0. The van der Waals surface area contributed by atoms with Gasteiger partial charge in [0.05, 0.1) is 0 Å². The van der Waals surface area contributed by atoms with Crippen LogP contribution in [-0.4, -0.2) is 0 Å². The van der Waals surface area contributed by atoms with Crippen LogP contribution in [0, 0.1) is 6.42 Å². The van der Waals surface area contributed by atoms with Crippen LogP contribution >= 0.6 is 0 Å². The predicted octanol–water partition coefficient (Wildman–Crippen LogP) is 1.11. The minimum atomic E-state index is 0. The Morgan fingerprint density at radius 1 is 1.20 bits per heavy atom. The van der Waals surface area contributed by atoms with Crippen molar-refractivity contribution in [3.8, 4) is 0 Å². The first-order valence-electron chi connectivity index (χ1n) is 1.15. The largest absolute Gasteiger partial charge is 3.00 e. The smallest absolute Gasteiger partial charge is 2.00 e. The van der Waals surface area contributed by atoms with Gasteiger partial charge in [0.1, 0.15) is 0 Å². The summed E-state index contributed by atoms with van der Waals surface area (Å²) in [6.07, 6.45) is 2.00. The Morgan fingerprint density at radius 3 is 1.20 bits per heavy atom. The van der Waals surface area contributed by atoms with Gasteiger partial charge in [-0.15, -0.1) is 0 Å². The van der Waals surface area contributed by atoms with Crippen molar-refractivity contribution in [1.82, 2.24) is 0 Å². The monoisotopic (exact) mass is 104 g/mol. The van der Waals surface area contributed by atoms with E-state index in [4.69, 9.17) is 0 Å². The van der Waals surface area contributed by atoms with E-state index < -0.39 is 0 Å². The summed E-state index contributed by atoms with van der Waals surface area (Å²) in [5.74, 6) is 0. The van der Waals surface area contributed by atoms with Crippen molar-refractivity contribution in [1.29, 1.82) is 0 Å². The topological polar surface area (TPSA) is 28.5 Å². The van der Waals surface area contributed by atoms with Crippen LogP contribution < -0.4 is 0 Å². The van der Waals surface area contributed by atoms with E-state index in [1.54, 1.807) is 0 Å². The van der Waals surface area contributed by atoms with Gasteiger partial charge in [0.15, 0.2) is 0 Å². The summed E-state index contributed by atoms with van der Waals surface area (Å²) in [4.78, 5) is 0. The fourth-order valence-electron chi connectivity index (χ4n) is 0. The van der Waals surface area contributed by atoms with Gasteiger partial charge in [0, 0.05) is 0 Å². The molecule has 28 valence electrons. The van der Waals surface area contributed by atoms with Crippen LogP contribution in [0.3, 0.4) is 0 Å². The van der Waals surface area contributed by atoms with Crippen molar-refractivity contribution < 1.29 is 31.3 Å². The molecule has 0 aliphatic carbocycles. The van der Waals surface area contributed by atoms with E-state index in [1.807, 2.05) is 20.3 Å². The summed E-state index contributed by atoms with van der Waals surface area (Å²) in [7, 11) is 0. The third-order valence-corrected chi connectivity index (χ3v) is 0. The van der Waals surface area contributed by atoms with Crippen LogP contribution in [-0.2, 0) is 31.3 Å². The number of hydrogen-bond donors (Lipinski definition) is 0. The molecule has 0 saturated heterocycles. The molecule has 0 amide bonds. The first-order chi connectivity index (χ1) is 1.41. The first-order valence-corrected chi connectivity index (χ1v) is 1.15. The maximum absolute atomic E-state index is 2.00. The third kappa shape index (κ3) is 56.1. The van der Waals surface area contributed by atoms with Gasteiger partial charge < -0.3 is 11.9 Å². The second kappa shape index (κ2) is 21.2. The van der Waals surface area contributed by atoms with E-state index >= 15 is 0 Å². The Morgan fingerprint density at radius 2 is 1.20 bits per heavy atom. The molecule has 0 N–H and O–H groups in total. The number of rotatable bonds is 0. The summed E-state index contributed by atoms with van der Waals surface area (Å²) in [5, 5.41) is 0. The standard InChI is InChI=1S/C3H7.O.Sc/c1-3-2;;/h3H,1-2H3;;/q-1;-2;+3. The molecule has 1 nitrogen and oxygen atoms in total. The van der Waals surface area contributed by atoms with E-state index in [1.165, 1.54) is 0 Å². The Balaban J connectivity index is -0.0000000200. The second-order valence-corrected chi connectivity index (χ2v) is 0.577. The molecule has 0 aromatic carbocycles. The normalized spacial score (nSPS) is 3.60. The van der Waals surface area contributed by atoms with Gasteiger partial charge in [-0.1, -0.05) is 0 Å². The zero-order valence-electron chi connectivity index (χ0n) is 3.56. The van der Waals surface area contributed by atoms with E-state index in [9.17, 15) is 0 Å². The molecule has 0 heterocycles. The molecule has 0 aliphatic heterocycles. The molecule has 2 heteroatoms. The first kappa shape index (κ1) is 17.0. The van der Waals surface area contributed by atoms with Crippen molar-refractivity contribution in [3.05, 3.63) is 6.42 Å². The summed E-state index contributed by atoms with van der Waals surface area (Å²) in [6, 6.07) is 0. The maximum Gasteiger partial charge on any atom is 3.00 e. The fraction of sp³-hybridized carbons (Fsp3) is 0.667. The molecule has 0 saturated carbocycles. The van der Waals surface area contributed by atoms with E-state index in [-0.39, 0.29) is 31.3 Å². The Bertz CT molecular complexity index is 6.85. The summed E-state index contributed by atoms with van der Waals surface area (Å²) in [6.45, 7) is 4.00. The van der Waals surface area contributed by atoms with Crippen LogP contribution in [0.15, 0.2) is 0 Å². The Labute approximate surface area is 51.9 Å². The molecular weight excluding hydrogens is 97.0 g/mol. The molecule has 0 aromatic heterocycles. The van der Waals surface area contributed by atoms with Gasteiger partial charge >= 0.3 is 25.8 Å². The molecule has 0 bridgehead atoms. The molecule has 0 spiro atoms. The molecule has 0 atom stereocenters. The molecule has 0 aliphatic rings. The minimum absolute atomic E-state index is 0. The van der Waals surface area contributed by atoms with Crippen molar-refractivity contribution >= 4 is 0 Å². The van der Waals surface area contributed by atoms with E-state index in [2.05, 4.69) is 0 Å². The second-order valence-electron chi connectivity index (χ2n) is 0.577. The van der Waals surface area contributed by atoms with Crippen LogP contribution in [0.4, 0.5) is 0 Å². The van der Waals surface area contributed by atoms with Crippen LogP contribution in [0.25, 0.3) is 0 Å². The Hall–Kier alpha value is 0.830. The minimum Gasteiger partial charge on any atom is -2.00 e. The van der Waals surface area contributed by atoms with Crippen LogP contribution in [0.1, 0.15) is 13.8 Å². The molecular formula is C3H7OSc. The van der Waals surface area contributed by atoms with Gasteiger partial charge in [-0.25, -0.2) is 0 Å². The van der Waals surface area contributed by atoms with Gasteiger partial charge in [0.25, 0.3) is 0 Å². The van der Waals surface area contributed by atoms with Crippen molar-refractivity contribution in [3.63, 3.8) is 0 Å². The molecule has 0 rings (SSSR count). The molecule has 0 radical (unpaired) electrons. The average molecular weight is 104 g/mol. The predicted molar refractivity (Wildman–Crippen MR) is 16.3 cm³/mol. The maximum atomic E-state index is 2.00. The van der Waals surface area contributed by atoms with Crippen molar-refractivity contribution in [2.75, 3.05) is 0 Å². The SMILES string of the molecule is C[CH-]C.[O-2].[Sc+3]. The van der Waals surface area contributed by atoms with Crippen molar-refractivity contribution in [2.24, 2.45) is 0 Å². The number of hydrogen-bond acceptors (Lipinski definition) is 0. The molecule has 0 unspecified atom stereocenters. The zero-order valence-corrected chi connectivity index (χ0v) is 5.37. The average Bonchev–Trinajstić information content (AvgIpc) is 0.918. The van der Waals surface area contributed by atoms with E-state index in [0.29, 0.717) is 0 Å². The van der Waals surface area contributed by atoms with E-state index in [0.717, 1.165) is 0 Å². The summed E-state index contributed by atoms with van der Waals surface area (Å²) in [5.41, 5.74) is 0. The van der Waals surface area contributed by atoms with Gasteiger partial charge in [-0.3, -0.25) is 0 Å². The van der Waals surface area contributed by atoms with Gasteiger partial charge in [-0.2, -0.15) is 13.8 Å². The zero-order chi connectivity index (χ0) is 2.71. The Kier molecular flexibility index (Phi) is 71.9. The van der Waals surface area contributed by atoms with Crippen molar-refractivity contribution in [2.45, 2.75) is 13.8 Å². The molecule has 0 fully saturated rings. The molecule has 0 aromatic rings. The third-order valence-electron chi connectivity index (χ3n) is 0. The summed E-state index contributed by atoms with van der Waals surface area (Å²) < 4.78 is 0. The van der Waals surface area contributed by atoms with Crippen LogP contribution in [0.2, 0.25) is 0 Å². The van der Waals surface area contributed by atoms with Gasteiger partial charge in [0.2, 0.25) is 0 Å². The van der Waals surface area contributed by atoms with Crippen LogP contribution in [0.5, 0.6) is 0 Å². The van der Waals surface area contributed by atoms with Gasteiger partial charge in [-0.05, 0) is 0 Å². The quantitative estimate of drug-likeness (QED) is 0.412. The fourth-order valence-corrected chi connectivity index (χ4v) is 0.